The van der Waals surface area contributed by atoms with E-state index in [1.54, 1.807) is 6.20 Å². The van der Waals surface area contributed by atoms with E-state index in [0.717, 1.165) is 0 Å². The van der Waals surface area contributed by atoms with E-state index in [0.29, 0.717) is 29.1 Å². The zero-order chi connectivity index (χ0) is 10.4. The molecule has 74 valence electrons. The molecule has 0 unspecified atom stereocenters. The highest BCUT2D eigenvalue weighted by atomic mass is 79.9. The molecule has 0 bridgehead atoms. The van der Waals surface area contributed by atoms with E-state index in [9.17, 15) is 4.79 Å². The third-order valence-corrected chi connectivity index (χ3v) is 1.79. The number of nitrogens with one attached hydrogen (secondary N) is 2. The van der Waals surface area contributed by atoms with Crippen molar-refractivity contribution in [2.45, 2.75) is 6.54 Å². The summed E-state index contributed by atoms with van der Waals surface area (Å²) in [6, 6.07) is 0. The molecular formula is C8H9BrN4O. The van der Waals surface area contributed by atoms with Crippen LogP contribution in [0.1, 0.15) is 5.69 Å². The summed E-state index contributed by atoms with van der Waals surface area (Å²) in [4.78, 5) is 18.3. The summed E-state index contributed by atoms with van der Waals surface area (Å²) >= 11 is 3.20. The number of hydrogen-bond acceptors (Lipinski definition) is 4. The Hall–Kier alpha value is -1.43. The number of rotatable bonds is 5. The van der Waals surface area contributed by atoms with Crippen molar-refractivity contribution in [3.63, 3.8) is 0 Å². The molecule has 1 amide bonds. The maximum Gasteiger partial charge on any atom is 0.207 e. The summed E-state index contributed by atoms with van der Waals surface area (Å²) < 4.78 is 0.620. The number of nitrogens with zero attached hydrogens (tertiary/aromatic N) is 2. The average Bonchev–Trinajstić information content (AvgIpc) is 2.18. The van der Waals surface area contributed by atoms with Crippen molar-refractivity contribution in [3.8, 4) is 0 Å². The SMILES string of the molecule is C=CNc1ncc(Br)nc1CNC=O. The van der Waals surface area contributed by atoms with Gasteiger partial charge in [0.25, 0.3) is 0 Å². The van der Waals surface area contributed by atoms with Gasteiger partial charge in [0.15, 0.2) is 5.82 Å². The van der Waals surface area contributed by atoms with Crippen LogP contribution in [0.25, 0.3) is 0 Å². The lowest BCUT2D eigenvalue weighted by Gasteiger charge is -2.06. The van der Waals surface area contributed by atoms with Gasteiger partial charge in [-0.2, -0.15) is 0 Å². The van der Waals surface area contributed by atoms with E-state index in [-0.39, 0.29) is 0 Å². The fourth-order valence-corrected chi connectivity index (χ4v) is 1.20. The topological polar surface area (TPSA) is 66.9 Å². The summed E-state index contributed by atoms with van der Waals surface area (Å²) in [5.74, 6) is 0.581. The molecule has 2 N–H and O–H groups in total. The second kappa shape index (κ2) is 5.33. The van der Waals surface area contributed by atoms with E-state index in [2.05, 4.69) is 43.1 Å². The summed E-state index contributed by atoms with van der Waals surface area (Å²) in [5, 5.41) is 5.34. The molecular weight excluding hydrogens is 248 g/mol. The van der Waals surface area contributed by atoms with Gasteiger partial charge in [0.1, 0.15) is 10.3 Å². The van der Waals surface area contributed by atoms with E-state index < -0.39 is 0 Å². The zero-order valence-corrected chi connectivity index (χ0v) is 8.91. The first-order chi connectivity index (χ1) is 6.77. The van der Waals surface area contributed by atoms with Crippen LogP contribution in [-0.2, 0) is 11.3 Å². The van der Waals surface area contributed by atoms with Gasteiger partial charge >= 0.3 is 0 Å². The lowest BCUT2D eigenvalue weighted by Crippen LogP contribution is -2.13. The Balaban J connectivity index is 2.89. The maximum atomic E-state index is 10.1. The summed E-state index contributed by atoms with van der Waals surface area (Å²) in [6.45, 7) is 3.84. The van der Waals surface area contributed by atoms with Gasteiger partial charge in [-0.05, 0) is 22.1 Å². The fraction of sp³-hybridized carbons (Fsp3) is 0.125. The van der Waals surface area contributed by atoms with Crippen molar-refractivity contribution in [2.75, 3.05) is 5.32 Å². The van der Waals surface area contributed by atoms with Crippen LogP contribution in [0.5, 0.6) is 0 Å². The minimum atomic E-state index is 0.326. The molecule has 1 heterocycles. The van der Waals surface area contributed by atoms with Crippen LogP contribution in [-0.4, -0.2) is 16.4 Å². The molecule has 1 aromatic rings. The highest BCUT2D eigenvalue weighted by Gasteiger charge is 2.04. The number of carbonyl (C=O) groups excluding carboxylic acids is 1. The van der Waals surface area contributed by atoms with Crippen molar-refractivity contribution in [1.82, 2.24) is 15.3 Å². The molecule has 0 saturated heterocycles. The molecule has 0 aliphatic carbocycles. The number of aromatic nitrogens is 2. The molecule has 0 aliphatic rings. The van der Waals surface area contributed by atoms with E-state index in [1.807, 2.05) is 0 Å². The van der Waals surface area contributed by atoms with Gasteiger partial charge in [-0.1, -0.05) is 6.58 Å². The first-order valence-corrected chi connectivity index (χ1v) is 4.63. The van der Waals surface area contributed by atoms with Crippen molar-refractivity contribution < 1.29 is 4.79 Å². The van der Waals surface area contributed by atoms with Gasteiger partial charge in [-0.25, -0.2) is 9.97 Å². The monoisotopic (exact) mass is 256 g/mol. The number of carbonyl (C=O) groups is 1. The Labute approximate surface area is 89.8 Å². The summed E-state index contributed by atoms with van der Waals surface area (Å²) in [5.41, 5.74) is 0.645. The molecule has 0 atom stereocenters. The van der Waals surface area contributed by atoms with Crippen molar-refractivity contribution in [1.29, 1.82) is 0 Å². The minimum Gasteiger partial charge on any atom is -0.353 e. The maximum absolute atomic E-state index is 10.1. The van der Waals surface area contributed by atoms with Crippen LogP contribution in [0.2, 0.25) is 0 Å². The van der Waals surface area contributed by atoms with Crippen LogP contribution >= 0.6 is 15.9 Å². The van der Waals surface area contributed by atoms with Crippen LogP contribution in [0.4, 0.5) is 5.82 Å². The second-order valence-electron chi connectivity index (χ2n) is 2.34. The fourth-order valence-electron chi connectivity index (χ4n) is 0.882. The Morgan fingerprint density at radius 2 is 2.43 bits per heavy atom. The zero-order valence-electron chi connectivity index (χ0n) is 7.33. The Morgan fingerprint density at radius 1 is 1.64 bits per heavy atom. The van der Waals surface area contributed by atoms with Crippen molar-refractivity contribution in [2.24, 2.45) is 0 Å². The third kappa shape index (κ3) is 2.81. The predicted molar refractivity (Wildman–Crippen MR) is 56.5 cm³/mol. The van der Waals surface area contributed by atoms with E-state index in [1.165, 1.54) is 6.20 Å². The molecule has 1 rings (SSSR count). The van der Waals surface area contributed by atoms with Gasteiger partial charge in [0.2, 0.25) is 6.41 Å². The van der Waals surface area contributed by atoms with Gasteiger partial charge in [0.05, 0.1) is 12.7 Å². The first kappa shape index (κ1) is 10.6. The quantitative estimate of drug-likeness (QED) is 0.773. The van der Waals surface area contributed by atoms with Gasteiger partial charge in [-0.3, -0.25) is 4.79 Å². The van der Waals surface area contributed by atoms with Crippen LogP contribution in [0.3, 0.4) is 0 Å². The Morgan fingerprint density at radius 3 is 3.07 bits per heavy atom. The average molecular weight is 257 g/mol. The molecule has 1 aromatic heterocycles. The molecule has 14 heavy (non-hydrogen) atoms. The smallest absolute Gasteiger partial charge is 0.207 e. The molecule has 5 nitrogen and oxygen atoms in total. The standard InChI is InChI=1S/C8H9BrN4O/c1-2-11-8-6(3-10-5-14)13-7(9)4-12-8/h2,4-5H,1,3H2,(H,10,14)(H,11,12). The molecule has 0 saturated carbocycles. The number of amides is 1. The predicted octanol–water partition coefficient (Wildman–Crippen LogP) is 1.04. The first-order valence-electron chi connectivity index (χ1n) is 3.84. The van der Waals surface area contributed by atoms with E-state index >= 15 is 0 Å². The van der Waals surface area contributed by atoms with Gasteiger partial charge < -0.3 is 10.6 Å². The summed E-state index contributed by atoms with van der Waals surface area (Å²) in [7, 11) is 0. The molecule has 0 radical (unpaired) electrons. The highest BCUT2D eigenvalue weighted by molar-refractivity contribution is 9.10. The Kier molecular flexibility index (Phi) is 4.06. The van der Waals surface area contributed by atoms with Crippen LogP contribution in [0, 0.1) is 0 Å². The van der Waals surface area contributed by atoms with Gasteiger partial charge in [-0.15, -0.1) is 0 Å². The number of hydrogen-bond donors (Lipinski definition) is 2. The molecule has 6 heteroatoms. The van der Waals surface area contributed by atoms with Crippen LogP contribution < -0.4 is 10.6 Å². The number of anilines is 1. The lowest BCUT2D eigenvalue weighted by atomic mass is 10.4. The van der Waals surface area contributed by atoms with Crippen molar-refractivity contribution in [3.05, 3.63) is 29.3 Å². The molecule has 0 aromatic carbocycles. The number of halogens is 1. The molecule has 0 aliphatic heterocycles. The normalized spacial score (nSPS) is 9.21. The van der Waals surface area contributed by atoms with Crippen molar-refractivity contribution >= 4 is 28.2 Å². The molecule has 0 fully saturated rings. The second-order valence-corrected chi connectivity index (χ2v) is 3.15. The van der Waals surface area contributed by atoms with Crippen LogP contribution in [0.15, 0.2) is 23.6 Å². The van der Waals surface area contributed by atoms with E-state index in [4.69, 9.17) is 0 Å². The Bertz CT molecular complexity index is 342. The lowest BCUT2D eigenvalue weighted by molar-refractivity contribution is -0.109. The summed E-state index contributed by atoms with van der Waals surface area (Å²) in [6.07, 6.45) is 3.68. The van der Waals surface area contributed by atoms with Gasteiger partial charge in [0, 0.05) is 0 Å². The largest absolute Gasteiger partial charge is 0.353 e. The minimum absolute atomic E-state index is 0.326. The highest BCUT2D eigenvalue weighted by Crippen LogP contribution is 2.13. The molecule has 0 spiro atoms. The third-order valence-electron chi connectivity index (χ3n) is 1.41.